The van der Waals surface area contributed by atoms with Crippen LogP contribution in [0.2, 0.25) is 5.02 Å². The summed E-state index contributed by atoms with van der Waals surface area (Å²) in [6.45, 7) is 2.07. The molecule has 0 bridgehead atoms. The second-order valence-electron chi connectivity index (χ2n) is 3.55. The molecule has 0 aliphatic heterocycles. The molecule has 84 valence electrons. The number of anilines is 1. The van der Waals surface area contributed by atoms with Gasteiger partial charge < -0.3 is 9.73 Å². The summed E-state index contributed by atoms with van der Waals surface area (Å²) >= 11 is 9.38. The fraction of sp³-hybridized carbons (Fsp3) is 0.167. The number of hydrogen-bond donors (Lipinski definition) is 1. The minimum atomic E-state index is 0.191. The van der Waals surface area contributed by atoms with Crippen molar-refractivity contribution in [3.8, 4) is 0 Å². The first-order valence-corrected chi connectivity index (χ1v) is 6.07. The van der Waals surface area contributed by atoms with Crippen molar-refractivity contribution >= 4 is 33.2 Å². The fourth-order valence-electron chi connectivity index (χ4n) is 1.44. The van der Waals surface area contributed by atoms with Crippen LogP contribution >= 0.6 is 27.5 Å². The van der Waals surface area contributed by atoms with Crippen molar-refractivity contribution in [1.82, 2.24) is 0 Å². The molecule has 0 radical (unpaired) electrons. The van der Waals surface area contributed by atoms with Crippen molar-refractivity contribution in [2.24, 2.45) is 0 Å². The average Bonchev–Trinajstić information content (AvgIpc) is 2.77. The number of halogens is 2. The topological polar surface area (TPSA) is 25.2 Å². The van der Waals surface area contributed by atoms with Crippen molar-refractivity contribution in [3.63, 3.8) is 0 Å². The lowest BCUT2D eigenvalue weighted by Crippen LogP contribution is -2.05. The van der Waals surface area contributed by atoms with Gasteiger partial charge in [-0.05, 0) is 47.1 Å². The maximum atomic E-state index is 6.02. The van der Waals surface area contributed by atoms with Gasteiger partial charge in [-0.25, -0.2) is 0 Å². The van der Waals surface area contributed by atoms with Gasteiger partial charge in [-0.3, -0.25) is 0 Å². The summed E-state index contributed by atoms with van der Waals surface area (Å²) in [5.41, 5.74) is 2.10. The zero-order valence-corrected chi connectivity index (χ0v) is 11.0. The Labute approximate surface area is 108 Å². The number of rotatable bonds is 3. The molecule has 2 aromatic rings. The zero-order valence-electron chi connectivity index (χ0n) is 8.71. The molecule has 0 fully saturated rings. The molecule has 0 aliphatic carbocycles. The lowest BCUT2D eigenvalue weighted by Gasteiger charge is -2.13. The van der Waals surface area contributed by atoms with E-state index in [9.17, 15) is 0 Å². The highest BCUT2D eigenvalue weighted by atomic mass is 79.9. The second-order valence-corrected chi connectivity index (χ2v) is 4.81. The van der Waals surface area contributed by atoms with Crippen LogP contribution in [0.4, 0.5) is 5.69 Å². The second kappa shape index (κ2) is 4.93. The van der Waals surface area contributed by atoms with Gasteiger partial charge in [0.15, 0.2) is 0 Å². The maximum absolute atomic E-state index is 6.02. The van der Waals surface area contributed by atoms with Crippen LogP contribution in [0.1, 0.15) is 18.5 Å². The summed E-state index contributed by atoms with van der Waals surface area (Å²) in [4.78, 5) is 0. The van der Waals surface area contributed by atoms with Gasteiger partial charge in [0, 0.05) is 15.7 Å². The molecule has 1 heterocycles. The van der Waals surface area contributed by atoms with E-state index < -0.39 is 0 Å². The van der Waals surface area contributed by atoms with Gasteiger partial charge in [0.05, 0.1) is 23.6 Å². The third-order valence-corrected chi connectivity index (χ3v) is 3.58. The van der Waals surface area contributed by atoms with E-state index in [1.165, 1.54) is 0 Å². The van der Waals surface area contributed by atoms with Crippen LogP contribution in [0.15, 0.2) is 45.7 Å². The molecule has 2 nitrogen and oxygen atoms in total. The molecule has 1 N–H and O–H groups in total. The predicted octanol–water partition coefficient (Wildman–Crippen LogP) is 4.87. The highest BCUT2D eigenvalue weighted by molar-refractivity contribution is 9.10. The Kier molecular flexibility index (Phi) is 3.56. The zero-order chi connectivity index (χ0) is 11.5. The van der Waals surface area contributed by atoms with E-state index in [-0.39, 0.29) is 6.04 Å². The quantitative estimate of drug-likeness (QED) is 0.875. The van der Waals surface area contributed by atoms with Gasteiger partial charge in [0.25, 0.3) is 0 Å². The lowest BCUT2D eigenvalue weighted by atomic mass is 10.1. The molecule has 0 saturated carbocycles. The van der Waals surface area contributed by atoms with Gasteiger partial charge in [0.1, 0.15) is 0 Å². The number of hydrogen-bond acceptors (Lipinski definition) is 2. The van der Waals surface area contributed by atoms with Gasteiger partial charge in [-0.1, -0.05) is 11.6 Å². The van der Waals surface area contributed by atoms with Crippen LogP contribution < -0.4 is 5.32 Å². The molecule has 4 heteroatoms. The third-order valence-electron chi connectivity index (χ3n) is 2.35. The molecule has 16 heavy (non-hydrogen) atoms. The monoisotopic (exact) mass is 299 g/mol. The molecule has 0 amide bonds. The van der Waals surface area contributed by atoms with E-state index >= 15 is 0 Å². The van der Waals surface area contributed by atoms with Crippen LogP contribution in [0, 0.1) is 0 Å². The fourth-order valence-corrected chi connectivity index (χ4v) is 1.87. The first-order valence-electron chi connectivity index (χ1n) is 4.90. The molecule has 1 atom stereocenters. The van der Waals surface area contributed by atoms with Crippen LogP contribution in [-0.2, 0) is 0 Å². The SMILES string of the molecule is CC(Nc1ccc(Br)c(Cl)c1)c1ccoc1. The van der Waals surface area contributed by atoms with E-state index in [1.54, 1.807) is 12.5 Å². The van der Waals surface area contributed by atoms with Crippen molar-refractivity contribution < 1.29 is 4.42 Å². The van der Waals surface area contributed by atoms with E-state index in [1.807, 2.05) is 24.3 Å². The van der Waals surface area contributed by atoms with Crippen LogP contribution in [0.3, 0.4) is 0 Å². The number of benzene rings is 1. The van der Waals surface area contributed by atoms with E-state index in [4.69, 9.17) is 16.0 Å². The molecule has 0 spiro atoms. The lowest BCUT2D eigenvalue weighted by molar-refractivity contribution is 0.562. The first-order chi connectivity index (χ1) is 7.66. The Balaban J connectivity index is 2.12. The number of nitrogens with one attached hydrogen (secondary N) is 1. The average molecular weight is 301 g/mol. The van der Waals surface area contributed by atoms with Gasteiger partial charge in [0.2, 0.25) is 0 Å². The van der Waals surface area contributed by atoms with Crippen molar-refractivity contribution in [2.75, 3.05) is 5.32 Å². The van der Waals surface area contributed by atoms with Gasteiger partial charge >= 0.3 is 0 Å². The highest BCUT2D eigenvalue weighted by Crippen LogP contribution is 2.27. The molecule has 1 aromatic heterocycles. The molecule has 1 aromatic carbocycles. The van der Waals surface area contributed by atoms with E-state index in [0.29, 0.717) is 5.02 Å². The minimum Gasteiger partial charge on any atom is -0.472 e. The van der Waals surface area contributed by atoms with Crippen LogP contribution in [-0.4, -0.2) is 0 Å². The van der Waals surface area contributed by atoms with Gasteiger partial charge in [-0.2, -0.15) is 0 Å². The molecule has 0 aliphatic rings. The van der Waals surface area contributed by atoms with Crippen molar-refractivity contribution in [3.05, 3.63) is 51.9 Å². The maximum Gasteiger partial charge on any atom is 0.0955 e. The Morgan fingerprint density at radius 1 is 1.38 bits per heavy atom. The van der Waals surface area contributed by atoms with Crippen LogP contribution in [0.5, 0.6) is 0 Å². The molecule has 2 rings (SSSR count). The number of furan rings is 1. The molecule has 1 unspecified atom stereocenters. The summed E-state index contributed by atoms with van der Waals surface area (Å²) in [5.74, 6) is 0. The summed E-state index contributed by atoms with van der Waals surface area (Å²) in [6.07, 6.45) is 3.40. The Hall–Kier alpha value is -0.930. The summed E-state index contributed by atoms with van der Waals surface area (Å²) in [7, 11) is 0. The molecular formula is C12H11BrClNO. The molecule has 0 saturated heterocycles. The predicted molar refractivity (Wildman–Crippen MR) is 69.9 cm³/mol. The first kappa shape index (κ1) is 11.6. The van der Waals surface area contributed by atoms with Gasteiger partial charge in [-0.15, -0.1) is 0 Å². The van der Waals surface area contributed by atoms with Crippen LogP contribution in [0.25, 0.3) is 0 Å². The van der Waals surface area contributed by atoms with Crippen molar-refractivity contribution in [1.29, 1.82) is 0 Å². The standard InChI is InChI=1S/C12H11BrClNO/c1-8(9-4-5-16-7-9)15-10-2-3-11(13)12(14)6-10/h2-8,15H,1H3. The Morgan fingerprint density at radius 3 is 2.81 bits per heavy atom. The van der Waals surface area contributed by atoms with E-state index in [2.05, 4.69) is 28.2 Å². The summed E-state index contributed by atoms with van der Waals surface area (Å²) in [6, 6.07) is 7.93. The Morgan fingerprint density at radius 2 is 2.19 bits per heavy atom. The minimum absolute atomic E-state index is 0.191. The van der Waals surface area contributed by atoms with E-state index in [0.717, 1.165) is 15.7 Å². The molecular weight excluding hydrogens is 289 g/mol. The largest absolute Gasteiger partial charge is 0.472 e. The highest BCUT2D eigenvalue weighted by Gasteiger charge is 2.07. The third kappa shape index (κ3) is 2.60. The Bertz CT molecular complexity index is 470. The van der Waals surface area contributed by atoms with Crippen molar-refractivity contribution in [2.45, 2.75) is 13.0 Å². The normalized spacial score (nSPS) is 12.4. The summed E-state index contributed by atoms with van der Waals surface area (Å²) in [5, 5.41) is 4.05. The smallest absolute Gasteiger partial charge is 0.0955 e. The summed E-state index contributed by atoms with van der Waals surface area (Å²) < 4.78 is 5.94.